The molecule has 0 fully saturated rings. The summed E-state index contributed by atoms with van der Waals surface area (Å²) in [6.07, 6.45) is -4.35. The van der Waals surface area contributed by atoms with E-state index in [9.17, 15) is 26.7 Å². The highest BCUT2D eigenvalue weighted by Gasteiger charge is 2.33. The van der Waals surface area contributed by atoms with E-state index in [1.165, 1.54) is 29.6 Å². The van der Waals surface area contributed by atoms with Gasteiger partial charge in [0.1, 0.15) is 5.69 Å². The first-order valence-corrected chi connectivity index (χ1v) is 9.77. The summed E-state index contributed by atoms with van der Waals surface area (Å²) in [5.74, 6) is -4.02. The van der Waals surface area contributed by atoms with Crippen LogP contribution in [0.1, 0.15) is 37.7 Å². The van der Waals surface area contributed by atoms with Crippen LogP contribution in [0.25, 0.3) is 0 Å². The van der Waals surface area contributed by atoms with Gasteiger partial charge in [-0.15, -0.1) is 11.3 Å². The molecule has 0 unspecified atom stereocenters. The number of nitrogens with zero attached hydrogens (tertiary/aromatic N) is 1. The zero-order valence-corrected chi connectivity index (χ0v) is 16.6. The highest BCUT2D eigenvalue weighted by molar-refractivity contribution is 7.09. The third kappa shape index (κ3) is 5.21. The second kappa shape index (κ2) is 8.51. The van der Waals surface area contributed by atoms with Crippen molar-refractivity contribution < 1.29 is 26.7 Å². The number of halogens is 5. The number of aryl methyl sites for hydroxylation is 1. The van der Waals surface area contributed by atoms with Crippen molar-refractivity contribution in [1.82, 2.24) is 10.3 Å². The van der Waals surface area contributed by atoms with Crippen molar-refractivity contribution in [1.29, 1.82) is 0 Å². The van der Waals surface area contributed by atoms with Gasteiger partial charge in [0.25, 0.3) is 11.8 Å². The van der Waals surface area contributed by atoms with E-state index in [1.54, 1.807) is 19.1 Å². The van der Waals surface area contributed by atoms with Crippen molar-refractivity contribution in [2.75, 3.05) is 6.54 Å². The quantitative estimate of drug-likeness (QED) is 0.509. The van der Waals surface area contributed by atoms with E-state index in [1.807, 2.05) is 0 Å². The van der Waals surface area contributed by atoms with E-state index >= 15 is 0 Å². The molecule has 0 saturated heterocycles. The molecule has 3 aromatic rings. The number of thiazole rings is 1. The molecule has 3 nitrogen and oxygen atoms in total. The normalized spacial score (nSPS) is 12.1. The van der Waals surface area contributed by atoms with Crippen LogP contribution < -0.4 is 5.32 Å². The monoisotopic (exact) mass is 440 g/mol. The van der Waals surface area contributed by atoms with Crippen LogP contribution in [0.5, 0.6) is 0 Å². The Morgan fingerprint density at radius 3 is 2.50 bits per heavy atom. The van der Waals surface area contributed by atoms with Crippen molar-refractivity contribution in [2.45, 2.75) is 25.4 Å². The van der Waals surface area contributed by atoms with Gasteiger partial charge in [0.05, 0.1) is 17.1 Å². The Morgan fingerprint density at radius 2 is 1.80 bits per heavy atom. The number of hydrogen-bond acceptors (Lipinski definition) is 3. The first-order valence-electron chi connectivity index (χ1n) is 8.89. The Labute approximate surface area is 173 Å². The molecule has 0 radical (unpaired) electrons. The Kier molecular flexibility index (Phi) is 6.21. The van der Waals surface area contributed by atoms with Crippen molar-refractivity contribution in [2.24, 2.45) is 0 Å². The number of amides is 1. The van der Waals surface area contributed by atoms with Crippen molar-refractivity contribution in [3.63, 3.8) is 0 Å². The summed E-state index contributed by atoms with van der Waals surface area (Å²) in [7, 11) is 0. The lowest BCUT2D eigenvalue weighted by atomic mass is 10.0. The molecular formula is C21H17F5N2OS. The smallest absolute Gasteiger partial charge is 0.344 e. The zero-order valence-electron chi connectivity index (χ0n) is 15.8. The first kappa shape index (κ1) is 21.9. The molecule has 0 atom stereocenters. The number of aromatic nitrogens is 1. The minimum atomic E-state index is -4.45. The lowest BCUT2D eigenvalue weighted by Crippen LogP contribution is -2.35. The maximum Gasteiger partial charge on any atom is 0.416 e. The maximum absolute atomic E-state index is 14.4. The van der Waals surface area contributed by atoms with Crippen molar-refractivity contribution >= 4 is 17.2 Å². The summed E-state index contributed by atoms with van der Waals surface area (Å²) < 4.78 is 67.2. The molecule has 1 N–H and O–H groups in total. The average molecular weight is 440 g/mol. The van der Waals surface area contributed by atoms with Crippen LogP contribution in [-0.4, -0.2) is 17.4 Å². The Bertz CT molecular complexity index is 1050. The summed E-state index contributed by atoms with van der Waals surface area (Å²) in [5, 5.41) is 3.98. The van der Waals surface area contributed by atoms with E-state index in [2.05, 4.69) is 10.3 Å². The molecule has 1 heterocycles. The predicted molar refractivity (Wildman–Crippen MR) is 104 cm³/mol. The highest BCUT2D eigenvalue weighted by atomic mass is 32.1. The largest absolute Gasteiger partial charge is 0.416 e. The van der Waals surface area contributed by atoms with Crippen LogP contribution in [0, 0.1) is 6.92 Å². The summed E-state index contributed by atoms with van der Waals surface area (Å²) in [4.78, 5) is 16.3. The third-order valence-electron chi connectivity index (χ3n) is 4.40. The van der Waals surface area contributed by atoms with Gasteiger partial charge in [-0.25, -0.2) is 4.98 Å². The standard InChI is InChI=1S/C21H17F5N2OS/c1-13-5-2-3-8-16(13)20(22,23)12-27-19(29)17-11-30-18(28-17)10-14-6-4-7-15(9-14)21(24,25)26/h2-9,11H,10,12H2,1H3,(H,27,29). The van der Waals surface area contributed by atoms with Crippen LogP contribution in [0.4, 0.5) is 22.0 Å². The van der Waals surface area contributed by atoms with Crippen molar-refractivity contribution in [3.05, 3.63) is 86.9 Å². The molecule has 2 aromatic carbocycles. The molecule has 3 rings (SSSR count). The molecule has 1 aromatic heterocycles. The number of alkyl halides is 5. The van der Waals surface area contributed by atoms with Crippen LogP contribution in [0.2, 0.25) is 0 Å². The third-order valence-corrected chi connectivity index (χ3v) is 5.25. The molecule has 0 bridgehead atoms. The topological polar surface area (TPSA) is 42.0 Å². The zero-order chi connectivity index (χ0) is 21.9. The molecule has 0 aliphatic rings. The lowest BCUT2D eigenvalue weighted by Gasteiger charge is -2.19. The second-order valence-corrected chi connectivity index (χ2v) is 7.65. The summed E-state index contributed by atoms with van der Waals surface area (Å²) in [5.41, 5.74) is -0.199. The fourth-order valence-corrected chi connectivity index (χ4v) is 3.70. The first-order chi connectivity index (χ1) is 14.1. The molecule has 9 heteroatoms. The highest BCUT2D eigenvalue weighted by Crippen LogP contribution is 2.31. The molecule has 0 aliphatic carbocycles. The fourth-order valence-electron chi connectivity index (χ4n) is 2.89. The fraction of sp³-hybridized carbons (Fsp3) is 0.238. The van der Waals surface area contributed by atoms with Gasteiger partial charge in [-0.05, 0) is 24.1 Å². The number of rotatable bonds is 6. The minimum Gasteiger partial charge on any atom is -0.344 e. The summed E-state index contributed by atoms with van der Waals surface area (Å²) in [6.45, 7) is 0.669. The van der Waals surface area contributed by atoms with E-state index in [-0.39, 0.29) is 17.7 Å². The van der Waals surface area contributed by atoms with Gasteiger partial charge in [0, 0.05) is 17.4 Å². The molecule has 0 spiro atoms. The maximum atomic E-state index is 14.4. The molecule has 0 aliphatic heterocycles. The Hall–Kier alpha value is -2.81. The van der Waals surface area contributed by atoms with Gasteiger partial charge >= 0.3 is 6.18 Å². The number of hydrogen-bond donors (Lipinski definition) is 1. The SMILES string of the molecule is Cc1ccccc1C(F)(F)CNC(=O)c1csc(Cc2cccc(C(F)(F)F)c2)n1. The number of carbonyl (C=O) groups excluding carboxylic acids is 1. The van der Waals surface area contributed by atoms with Crippen LogP contribution in [-0.2, 0) is 18.5 Å². The molecular weight excluding hydrogens is 423 g/mol. The molecule has 158 valence electrons. The predicted octanol–water partition coefficient (Wildman–Crippen LogP) is 5.58. The van der Waals surface area contributed by atoms with Gasteiger partial charge in [-0.2, -0.15) is 22.0 Å². The Balaban J connectivity index is 1.65. The number of benzene rings is 2. The number of carbonyl (C=O) groups is 1. The Morgan fingerprint density at radius 1 is 1.07 bits per heavy atom. The number of nitrogens with one attached hydrogen (secondary N) is 1. The van der Waals surface area contributed by atoms with Gasteiger partial charge in [0.15, 0.2) is 0 Å². The van der Waals surface area contributed by atoms with Crippen LogP contribution in [0.3, 0.4) is 0 Å². The van der Waals surface area contributed by atoms with E-state index < -0.39 is 30.1 Å². The van der Waals surface area contributed by atoms with E-state index in [0.29, 0.717) is 16.1 Å². The van der Waals surface area contributed by atoms with Crippen molar-refractivity contribution in [3.8, 4) is 0 Å². The average Bonchev–Trinajstić information content (AvgIpc) is 3.14. The van der Waals surface area contributed by atoms with Crippen LogP contribution in [0.15, 0.2) is 53.9 Å². The summed E-state index contributed by atoms with van der Waals surface area (Å²) in [6, 6.07) is 10.8. The molecule has 0 saturated carbocycles. The summed E-state index contributed by atoms with van der Waals surface area (Å²) >= 11 is 1.08. The second-order valence-electron chi connectivity index (χ2n) is 6.70. The minimum absolute atomic E-state index is 0.0532. The lowest BCUT2D eigenvalue weighted by molar-refractivity contribution is -0.137. The van der Waals surface area contributed by atoms with Crippen LogP contribution >= 0.6 is 11.3 Å². The van der Waals surface area contributed by atoms with E-state index in [0.717, 1.165) is 23.5 Å². The van der Waals surface area contributed by atoms with Gasteiger partial charge in [-0.3, -0.25) is 4.79 Å². The van der Waals surface area contributed by atoms with Gasteiger partial charge in [0.2, 0.25) is 0 Å². The molecule has 30 heavy (non-hydrogen) atoms. The van der Waals surface area contributed by atoms with E-state index in [4.69, 9.17) is 0 Å². The molecule has 1 amide bonds. The van der Waals surface area contributed by atoms with Gasteiger partial charge < -0.3 is 5.32 Å². The van der Waals surface area contributed by atoms with Gasteiger partial charge in [-0.1, -0.05) is 42.5 Å².